The number of hydrogen-bond donors (Lipinski definition) is 1. The van der Waals surface area contributed by atoms with Gasteiger partial charge in [-0.3, -0.25) is 0 Å². The lowest BCUT2D eigenvalue weighted by Crippen LogP contribution is -2.25. The van der Waals surface area contributed by atoms with Crippen LogP contribution >= 0.6 is 0 Å². The lowest BCUT2D eigenvalue weighted by atomic mass is 10.0. The molecular formula is C8H17N. The van der Waals surface area contributed by atoms with Crippen molar-refractivity contribution in [2.24, 2.45) is 11.7 Å². The molecule has 0 rings (SSSR count). The number of nitrogens with two attached hydrogens (primary N) is 1. The summed E-state index contributed by atoms with van der Waals surface area (Å²) in [6.45, 7) is 7.93. The topological polar surface area (TPSA) is 26.0 Å². The Kier molecular flexibility index (Phi) is 4.41. The molecule has 0 heterocycles. The van der Waals surface area contributed by atoms with Crippen molar-refractivity contribution in [3.8, 4) is 0 Å². The zero-order valence-electron chi connectivity index (χ0n) is 6.43. The van der Waals surface area contributed by atoms with Crippen molar-refractivity contribution in [3.05, 3.63) is 12.7 Å². The molecule has 0 unspecified atom stereocenters. The Labute approximate surface area is 57.9 Å². The highest BCUT2D eigenvalue weighted by Crippen LogP contribution is 2.04. The summed E-state index contributed by atoms with van der Waals surface area (Å²) >= 11 is 0. The maximum Gasteiger partial charge on any atom is 0.00648 e. The van der Waals surface area contributed by atoms with Crippen molar-refractivity contribution in [3.63, 3.8) is 0 Å². The molecule has 0 aliphatic rings. The molecule has 1 heteroatoms. The van der Waals surface area contributed by atoms with Gasteiger partial charge in [0.25, 0.3) is 0 Å². The van der Waals surface area contributed by atoms with Gasteiger partial charge in [0.15, 0.2) is 0 Å². The number of allylic oxidation sites excluding steroid dienone is 1. The van der Waals surface area contributed by atoms with Crippen LogP contribution in [0.3, 0.4) is 0 Å². The zero-order valence-corrected chi connectivity index (χ0v) is 6.43. The van der Waals surface area contributed by atoms with Gasteiger partial charge < -0.3 is 5.73 Å². The van der Waals surface area contributed by atoms with Crippen molar-refractivity contribution in [2.45, 2.75) is 32.7 Å². The summed E-state index contributed by atoms with van der Waals surface area (Å²) in [6.07, 6.45) is 4.03. The molecule has 0 aromatic carbocycles. The molecule has 2 N–H and O–H groups in total. The molecule has 0 aliphatic heterocycles. The average molecular weight is 127 g/mol. The van der Waals surface area contributed by atoms with E-state index in [4.69, 9.17) is 5.73 Å². The maximum absolute atomic E-state index is 5.75. The van der Waals surface area contributed by atoms with Crippen LogP contribution in [0.25, 0.3) is 0 Å². The van der Waals surface area contributed by atoms with Crippen LogP contribution in [0, 0.1) is 5.92 Å². The van der Waals surface area contributed by atoms with Crippen molar-refractivity contribution >= 4 is 0 Å². The Morgan fingerprint density at radius 2 is 2.11 bits per heavy atom. The SMILES string of the molecule is C=CCC[C@H](N)C(C)C. The van der Waals surface area contributed by atoms with E-state index in [9.17, 15) is 0 Å². The Morgan fingerprint density at radius 1 is 1.56 bits per heavy atom. The Morgan fingerprint density at radius 3 is 2.44 bits per heavy atom. The van der Waals surface area contributed by atoms with E-state index in [1.807, 2.05) is 6.08 Å². The van der Waals surface area contributed by atoms with Gasteiger partial charge in [0.1, 0.15) is 0 Å². The van der Waals surface area contributed by atoms with Gasteiger partial charge in [0.2, 0.25) is 0 Å². The van der Waals surface area contributed by atoms with E-state index in [0.29, 0.717) is 12.0 Å². The van der Waals surface area contributed by atoms with Gasteiger partial charge in [-0.25, -0.2) is 0 Å². The van der Waals surface area contributed by atoms with Crippen molar-refractivity contribution in [1.29, 1.82) is 0 Å². The van der Waals surface area contributed by atoms with E-state index in [1.165, 1.54) is 0 Å². The van der Waals surface area contributed by atoms with Crippen molar-refractivity contribution in [1.82, 2.24) is 0 Å². The lowest BCUT2D eigenvalue weighted by Gasteiger charge is -2.13. The fourth-order valence-corrected chi connectivity index (χ4v) is 0.644. The minimum absolute atomic E-state index is 0.350. The summed E-state index contributed by atoms with van der Waals surface area (Å²) in [5.74, 6) is 0.602. The van der Waals surface area contributed by atoms with Crippen LogP contribution in [-0.4, -0.2) is 6.04 Å². The molecule has 0 radical (unpaired) electrons. The van der Waals surface area contributed by atoms with Crippen LogP contribution in [0.15, 0.2) is 12.7 Å². The first-order chi connectivity index (χ1) is 4.18. The standard InChI is InChI=1S/C8H17N/c1-4-5-6-8(9)7(2)3/h4,7-8H,1,5-6,9H2,2-3H3/t8-/m0/s1. The molecule has 54 valence electrons. The summed E-state index contributed by atoms with van der Waals surface area (Å²) < 4.78 is 0. The summed E-state index contributed by atoms with van der Waals surface area (Å²) in [7, 11) is 0. The fraction of sp³-hybridized carbons (Fsp3) is 0.750. The highest BCUT2D eigenvalue weighted by atomic mass is 14.6. The molecule has 0 saturated heterocycles. The van der Waals surface area contributed by atoms with Crippen LogP contribution in [0.4, 0.5) is 0 Å². The van der Waals surface area contributed by atoms with Gasteiger partial charge in [0.05, 0.1) is 0 Å². The molecular weight excluding hydrogens is 110 g/mol. The van der Waals surface area contributed by atoms with Gasteiger partial charge in [-0.2, -0.15) is 0 Å². The third-order valence-corrected chi connectivity index (χ3v) is 1.56. The summed E-state index contributed by atoms with van der Waals surface area (Å²) in [6, 6.07) is 0.350. The van der Waals surface area contributed by atoms with Gasteiger partial charge in [-0.05, 0) is 18.8 Å². The highest BCUT2D eigenvalue weighted by molar-refractivity contribution is 4.72. The molecule has 0 saturated carbocycles. The molecule has 0 fully saturated rings. The normalized spacial score (nSPS) is 13.8. The largest absolute Gasteiger partial charge is 0.327 e. The number of rotatable bonds is 4. The van der Waals surface area contributed by atoms with Crippen molar-refractivity contribution < 1.29 is 0 Å². The van der Waals surface area contributed by atoms with E-state index in [-0.39, 0.29) is 0 Å². The van der Waals surface area contributed by atoms with Gasteiger partial charge in [-0.1, -0.05) is 19.9 Å². The van der Waals surface area contributed by atoms with E-state index in [2.05, 4.69) is 20.4 Å². The predicted molar refractivity (Wildman–Crippen MR) is 42.2 cm³/mol. The quantitative estimate of drug-likeness (QED) is 0.574. The summed E-state index contributed by atoms with van der Waals surface area (Å²) in [5, 5.41) is 0. The summed E-state index contributed by atoms with van der Waals surface area (Å²) in [5.41, 5.74) is 5.75. The second-order valence-electron chi connectivity index (χ2n) is 2.77. The predicted octanol–water partition coefficient (Wildman–Crippen LogP) is 1.94. The first kappa shape index (κ1) is 8.70. The minimum Gasteiger partial charge on any atom is -0.327 e. The van der Waals surface area contributed by atoms with Crippen LogP contribution < -0.4 is 5.73 Å². The Balaban J connectivity index is 3.26. The Bertz CT molecular complexity index is 76.6. The van der Waals surface area contributed by atoms with Gasteiger partial charge in [-0.15, -0.1) is 6.58 Å². The third-order valence-electron chi connectivity index (χ3n) is 1.56. The van der Waals surface area contributed by atoms with Gasteiger partial charge >= 0.3 is 0 Å². The monoisotopic (exact) mass is 127 g/mol. The minimum atomic E-state index is 0.350. The van der Waals surface area contributed by atoms with E-state index < -0.39 is 0 Å². The smallest absolute Gasteiger partial charge is 0.00648 e. The highest BCUT2D eigenvalue weighted by Gasteiger charge is 2.04. The second kappa shape index (κ2) is 4.57. The van der Waals surface area contributed by atoms with Crippen molar-refractivity contribution in [2.75, 3.05) is 0 Å². The molecule has 0 aromatic heterocycles. The van der Waals surface area contributed by atoms with Crippen LogP contribution in [0.2, 0.25) is 0 Å². The second-order valence-corrected chi connectivity index (χ2v) is 2.77. The first-order valence-corrected chi connectivity index (χ1v) is 3.55. The molecule has 9 heavy (non-hydrogen) atoms. The Hall–Kier alpha value is -0.300. The molecule has 0 aliphatic carbocycles. The summed E-state index contributed by atoms with van der Waals surface area (Å²) in [4.78, 5) is 0. The maximum atomic E-state index is 5.75. The number of hydrogen-bond acceptors (Lipinski definition) is 1. The van der Waals surface area contributed by atoms with E-state index in [0.717, 1.165) is 12.8 Å². The zero-order chi connectivity index (χ0) is 7.28. The van der Waals surface area contributed by atoms with Crippen LogP contribution in [0.1, 0.15) is 26.7 Å². The molecule has 1 nitrogen and oxygen atoms in total. The van der Waals surface area contributed by atoms with Crippen LogP contribution in [-0.2, 0) is 0 Å². The van der Waals surface area contributed by atoms with E-state index >= 15 is 0 Å². The van der Waals surface area contributed by atoms with Gasteiger partial charge in [0, 0.05) is 6.04 Å². The lowest BCUT2D eigenvalue weighted by molar-refractivity contribution is 0.467. The third kappa shape index (κ3) is 4.22. The molecule has 0 spiro atoms. The molecule has 0 bridgehead atoms. The fourth-order valence-electron chi connectivity index (χ4n) is 0.644. The average Bonchev–Trinajstić information content (AvgIpc) is 1.82. The first-order valence-electron chi connectivity index (χ1n) is 3.55. The van der Waals surface area contributed by atoms with E-state index in [1.54, 1.807) is 0 Å². The molecule has 0 aromatic rings. The molecule has 0 amide bonds. The van der Waals surface area contributed by atoms with Crippen LogP contribution in [0.5, 0.6) is 0 Å². The molecule has 1 atom stereocenters.